The molecule has 0 saturated carbocycles. The molecule has 17 heteroatoms. The first kappa shape index (κ1) is 54.6. The van der Waals surface area contributed by atoms with Crippen LogP contribution in [-0.2, 0) is 54.0 Å². The van der Waals surface area contributed by atoms with E-state index in [1.54, 1.807) is 0 Å². The Balaban J connectivity index is 1.56. The first-order valence-corrected chi connectivity index (χ1v) is 24.4. The molecule has 392 valence electrons. The number of nitrogens with zero attached hydrogens (tertiary/aromatic N) is 4. The van der Waals surface area contributed by atoms with Crippen LogP contribution in [0.15, 0.2) is 84.9 Å². The van der Waals surface area contributed by atoms with Crippen molar-refractivity contribution in [1.29, 1.82) is 0 Å². The summed E-state index contributed by atoms with van der Waals surface area (Å²) in [6, 6.07) is 21.2. The fourth-order valence-corrected chi connectivity index (χ4v) is 9.14. The van der Waals surface area contributed by atoms with Gasteiger partial charge in [0.15, 0.2) is 0 Å². The predicted molar refractivity (Wildman–Crippen MR) is 284 cm³/mol. The van der Waals surface area contributed by atoms with Gasteiger partial charge in [0.25, 0.3) is 22.7 Å². The molecule has 0 spiro atoms. The molecule has 75 heavy (non-hydrogen) atoms. The average Bonchev–Trinajstić information content (AvgIpc) is 3.29. The lowest BCUT2D eigenvalue weighted by Crippen LogP contribution is -2.18. The van der Waals surface area contributed by atoms with Crippen molar-refractivity contribution in [2.75, 3.05) is 0 Å². The molecule has 6 aromatic rings. The number of carbonyl (C=O) groups is 1. The number of hydrogen-bond acceptors (Lipinski definition) is 13. The van der Waals surface area contributed by atoms with Crippen molar-refractivity contribution in [2.45, 2.75) is 137 Å². The Labute approximate surface area is 434 Å². The summed E-state index contributed by atoms with van der Waals surface area (Å²) in [7, 11) is 0. The van der Waals surface area contributed by atoms with Crippen LogP contribution in [0.4, 0.5) is 22.7 Å². The predicted octanol–water partition coefficient (Wildman–Crippen LogP) is 13.4. The Morgan fingerprint density at radius 1 is 0.427 bits per heavy atom. The van der Waals surface area contributed by atoms with Crippen molar-refractivity contribution >= 4 is 28.7 Å². The maximum atomic E-state index is 14.4. The number of phenols is 2. The number of phenolic OH excluding ortho intramolecular Hbond substituents is 2. The minimum Gasteiger partial charge on any atom is -0.507 e. The molecule has 0 radical (unpaired) electrons. The molecule has 0 aromatic heterocycles. The van der Waals surface area contributed by atoms with Crippen molar-refractivity contribution < 1.29 is 44.2 Å². The summed E-state index contributed by atoms with van der Waals surface area (Å²) < 4.78 is 13.1. The summed E-state index contributed by atoms with van der Waals surface area (Å²) >= 11 is 0. The van der Waals surface area contributed by atoms with E-state index in [0.717, 1.165) is 46.5 Å². The minimum absolute atomic E-state index is 0.0289. The lowest BCUT2D eigenvalue weighted by Gasteiger charge is -2.28. The standard InChI is InChI=1S/C58H62N4O13/c1-55(2,3)42-19-33-15-37-23-44(57(7,8)9)24-38(52(37)74-31-32-13-46(59(66)67)29-47(14-32)60(68)69)16-34-20-43(56(4,5)6)22-36(51(34)64)18-40-26-45(58(10,11)12)25-39(17-35(21-42)50(33)63)53(40)75-54(65)41-27-48(61(70)71)30-49(28-41)62(72)73/h13-14,19-30,63-64H,15-18,31H2,1-12H3. The number of fused-ring (bicyclic) bond motifs is 8. The van der Waals surface area contributed by atoms with Crippen molar-refractivity contribution in [3.05, 3.63) is 203 Å². The second-order valence-electron chi connectivity index (χ2n) is 23.5. The van der Waals surface area contributed by atoms with Crippen molar-refractivity contribution in [3.63, 3.8) is 0 Å². The van der Waals surface area contributed by atoms with Gasteiger partial charge in [-0.05, 0) is 77.3 Å². The monoisotopic (exact) mass is 1020 g/mol. The van der Waals surface area contributed by atoms with E-state index in [1.807, 2.05) is 111 Å². The molecule has 0 fully saturated rings. The highest BCUT2D eigenvalue weighted by Gasteiger charge is 2.31. The van der Waals surface area contributed by atoms with E-state index in [0.29, 0.717) is 50.3 Å². The van der Waals surface area contributed by atoms with Crippen LogP contribution in [0.25, 0.3) is 0 Å². The Hall–Kier alpha value is -8.21. The lowest BCUT2D eigenvalue weighted by molar-refractivity contribution is -0.394. The van der Waals surface area contributed by atoms with Gasteiger partial charge in [0.05, 0.1) is 37.4 Å². The van der Waals surface area contributed by atoms with E-state index < -0.39 is 75.6 Å². The molecule has 0 amide bonds. The second kappa shape index (κ2) is 19.9. The van der Waals surface area contributed by atoms with E-state index in [9.17, 15) is 55.5 Å². The number of carbonyl (C=O) groups excluding carboxylic acids is 1. The van der Waals surface area contributed by atoms with Gasteiger partial charge in [-0.1, -0.05) is 132 Å². The van der Waals surface area contributed by atoms with Gasteiger partial charge in [-0.25, -0.2) is 4.79 Å². The zero-order valence-electron chi connectivity index (χ0n) is 44.3. The molecule has 17 nitrogen and oxygen atoms in total. The number of benzene rings is 6. The summed E-state index contributed by atoms with van der Waals surface area (Å²) in [6.45, 7) is 24.1. The van der Waals surface area contributed by atoms with E-state index in [-0.39, 0.29) is 55.1 Å². The van der Waals surface area contributed by atoms with Crippen LogP contribution < -0.4 is 9.47 Å². The number of nitro groups is 4. The van der Waals surface area contributed by atoms with E-state index in [2.05, 4.69) is 20.8 Å². The first-order valence-electron chi connectivity index (χ1n) is 24.4. The number of esters is 1. The van der Waals surface area contributed by atoms with Gasteiger partial charge >= 0.3 is 5.97 Å². The zero-order valence-corrected chi connectivity index (χ0v) is 44.3. The van der Waals surface area contributed by atoms with Gasteiger partial charge in [0.2, 0.25) is 0 Å². The van der Waals surface area contributed by atoms with E-state index in [4.69, 9.17) is 9.47 Å². The van der Waals surface area contributed by atoms with Gasteiger partial charge < -0.3 is 19.7 Å². The Morgan fingerprint density at radius 2 is 0.693 bits per heavy atom. The Kier molecular flexibility index (Phi) is 14.5. The summed E-state index contributed by atoms with van der Waals surface area (Å²) in [5.41, 5.74) is 2.86. The van der Waals surface area contributed by atoms with Gasteiger partial charge in [-0.3, -0.25) is 40.5 Å². The molecule has 0 aliphatic heterocycles. The van der Waals surface area contributed by atoms with Crippen molar-refractivity contribution in [3.8, 4) is 23.0 Å². The van der Waals surface area contributed by atoms with Crippen molar-refractivity contribution in [2.24, 2.45) is 0 Å². The molecular weight excluding hydrogens is 961 g/mol. The molecule has 1 aliphatic rings. The third kappa shape index (κ3) is 12.1. The van der Waals surface area contributed by atoms with Crippen LogP contribution in [0.2, 0.25) is 0 Å². The third-order valence-electron chi connectivity index (χ3n) is 13.5. The molecule has 0 heterocycles. The highest BCUT2D eigenvalue weighted by molar-refractivity contribution is 5.93. The topological polar surface area (TPSA) is 249 Å². The maximum Gasteiger partial charge on any atom is 0.344 e. The summed E-state index contributed by atoms with van der Waals surface area (Å²) in [4.78, 5) is 59.2. The minimum atomic E-state index is -1.11. The fourth-order valence-electron chi connectivity index (χ4n) is 9.14. The zero-order chi connectivity index (χ0) is 55.4. The van der Waals surface area contributed by atoms with Crippen LogP contribution >= 0.6 is 0 Å². The molecule has 0 saturated heterocycles. The highest BCUT2D eigenvalue weighted by atomic mass is 16.6. The van der Waals surface area contributed by atoms with Gasteiger partial charge in [-0.2, -0.15) is 0 Å². The molecular formula is C58H62N4O13. The summed E-state index contributed by atoms with van der Waals surface area (Å²) in [5.74, 6) is -0.876. The molecule has 7 rings (SSSR count). The molecule has 8 bridgehead atoms. The first-order chi connectivity index (χ1) is 34.7. The number of aromatic hydroxyl groups is 2. The van der Waals surface area contributed by atoms with E-state index >= 15 is 0 Å². The average molecular weight is 1020 g/mol. The smallest absolute Gasteiger partial charge is 0.344 e. The fraction of sp³-hybridized carbons (Fsp3) is 0.362. The highest BCUT2D eigenvalue weighted by Crippen LogP contribution is 2.44. The summed E-state index contributed by atoms with van der Waals surface area (Å²) in [6.07, 6.45) is 0.0891. The number of non-ortho nitro benzene ring substituents is 4. The molecule has 1 aliphatic carbocycles. The maximum absolute atomic E-state index is 14.4. The Bertz CT molecular complexity index is 3170. The number of hydrogen-bond donors (Lipinski definition) is 2. The second-order valence-corrected chi connectivity index (χ2v) is 23.5. The van der Waals surface area contributed by atoms with Crippen molar-refractivity contribution in [1.82, 2.24) is 0 Å². The molecule has 2 N–H and O–H groups in total. The number of ether oxygens (including phenoxy) is 2. The van der Waals surface area contributed by atoms with Crippen LogP contribution in [0.1, 0.15) is 166 Å². The van der Waals surface area contributed by atoms with Crippen LogP contribution in [0.5, 0.6) is 23.0 Å². The Morgan fingerprint density at radius 3 is 0.973 bits per heavy atom. The normalized spacial score (nSPS) is 13.0. The molecule has 0 atom stereocenters. The van der Waals surface area contributed by atoms with Crippen LogP contribution in [0, 0.1) is 40.5 Å². The van der Waals surface area contributed by atoms with Crippen LogP contribution in [-0.4, -0.2) is 35.9 Å². The van der Waals surface area contributed by atoms with Gasteiger partial charge in [-0.15, -0.1) is 0 Å². The number of rotatable bonds is 9. The van der Waals surface area contributed by atoms with Crippen LogP contribution in [0.3, 0.4) is 0 Å². The van der Waals surface area contributed by atoms with Gasteiger partial charge in [0.1, 0.15) is 29.6 Å². The SMILES string of the molecule is CC(C)(C)c1cc2c(O)c(c1)Cc1cc(C(C)(C)C)cc(c1OC(=O)c1cc([N+](=O)[O-])cc([N+](=O)[O-])c1)Cc1cc(C(C)(C)C)cc(c1O)Cc1cc(C(C)(C)C)cc(c1OCc1cc([N+](=O)[O-])cc([N+](=O)[O-])c1)C2. The summed E-state index contributed by atoms with van der Waals surface area (Å²) in [5, 5.41) is 73.2. The lowest BCUT2D eigenvalue weighted by atomic mass is 9.79. The van der Waals surface area contributed by atoms with Gasteiger partial charge in [0, 0.05) is 66.6 Å². The van der Waals surface area contributed by atoms with E-state index in [1.165, 1.54) is 12.1 Å². The molecule has 6 aromatic carbocycles. The quantitative estimate of drug-likeness (QED) is 0.0591. The third-order valence-corrected chi connectivity index (χ3v) is 13.5. The molecule has 0 unspecified atom stereocenters. The number of nitro benzene ring substituents is 4. The largest absolute Gasteiger partial charge is 0.507 e.